The van der Waals surface area contributed by atoms with E-state index in [1.807, 2.05) is 6.92 Å². The number of hydrogen-bond acceptors (Lipinski definition) is 6. The van der Waals surface area contributed by atoms with E-state index in [1.165, 1.54) is 6.26 Å². The van der Waals surface area contributed by atoms with Gasteiger partial charge in [-0.1, -0.05) is 6.92 Å². The van der Waals surface area contributed by atoms with Crippen LogP contribution in [-0.4, -0.2) is 39.3 Å². The zero-order valence-electron chi connectivity index (χ0n) is 10.7. The molecule has 0 saturated carbocycles. The Morgan fingerprint density at radius 2 is 2.32 bits per heavy atom. The molecule has 0 aromatic carbocycles. The Morgan fingerprint density at radius 1 is 1.53 bits per heavy atom. The molecule has 1 N–H and O–H groups in total. The van der Waals surface area contributed by atoms with Crippen molar-refractivity contribution in [2.75, 3.05) is 7.05 Å². The zero-order valence-corrected chi connectivity index (χ0v) is 10.7. The lowest BCUT2D eigenvalue weighted by molar-refractivity contribution is -0.143. The third-order valence-corrected chi connectivity index (χ3v) is 2.79. The Kier molecular flexibility index (Phi) is 3.96. The minimum absolute atomic E-state index is 0.276. The van der Waals surface area contributed by atoms with Crippen molar-refractivity contribution in [3.05, 3.63) is 24.3 Å². The molecule has 0 amide bonds. The summed E-state index contributed by atoms with van der Waals surface area (Å²) in [4.78, 5) is 12.7. The summed E-state index contributed by atoms with van der Waals surface area (Å²) in [5, 5.41) is 16.8. The lowest BCUT2D eigenvalue weighted by Gasteiger charge is -2.21. The fourth-order valence-corrected chi connectivity index (χ4v) is 1.82. The molecule has 0 aliphatic heterocycles. The van der Waals surface area contributed by atoms with Crippen molar-refractivity contribution in [3.8, 4) is 11.7 Å². The minimum Gasteiger partial charge on any atom is -0.480 e. The summed E-state index contributed by atoms with van der Waals surface area (Å²) in [6.07, 6.45) is 2.02. The molecule has 0 radical (unpaired) electrons. The van der Waals surface area contributed by atoms with Crippen LogP contribution in [0.4, 0.5) is 0 Å². The van der Waals surface area contributed by atoms with E-state index < -0.39 is 12.0 Å². The molecule has 2 aromatic rings. The summed E-state index contributed by atoms with van der Waals surface area (Å²) in [6, 6.07) is 2.87. The molecule has 0 aliphatic rings. The standard InChI is InChI=1S/C12H15N3O4/c1-3-8(12(16)17)15(2)7-10-13-14-11(19-10)9-5-4-6-18-9/h4-6,8H,3,7H2,1-2H3,(H,16,17). The fourth-order valence-electron chi connectivity index (χ4n) is 1.82. The van der Waals surface area contributed by atoms with Gasteiger partial charge >= 0.3 is 5.97 Å². The van der Waals surface area contributed by atoms with E-state index in [0.717, 1.165) is 0 Å². The predicted octanol–water partition coefficient (Wildman–Crippen LogP) is 1.62. The number of likely N-dealkylation sites (N-methyl/N-ethyl adjacent to an activating group) is 1. The van der Waals surface area contributed by atoms with Crippen LogP contribution in [0.25, 0.3) is 11.7 Å². The van der Waals surface area contributed by atoms with E-state index in [0.29, 0.717) is 18.1 Å². The maximum absolute atomic E-state index is 11.0. The summed E-state index contributed by atoms with van der Waals surface area (Å²) in [5.74, 6) is 0.271. The first kappa shape index (κ1) is 13.3. The second-order valence-corrected chi connectivity index (χ2v) is 4.16. The highest BCUT2D eigenvalue weighted by molar-refractivity contribution is 5.73. The first-order chi connectivity index (χ1) is 9.11. The second kappa shape index (κ2) is 5.66. The van der Waals surface area contributed by atoms with Gasteiger partial charge < -0.3 is 13.9 Å². The maximum Gasteiger partial charge on any atom is 0.320 e. The van der Waals surface area contributed by atoms with Crippen LogP contribution in [0, 0.1) is 0 Å². The molecular weight excluding hydrogens is 250 g/mol. The van der Waals surface area contributed by atoms with Gasteiger partial charge in [-0.05, 0) is 25.6 Å². The molecule has 1 unspecified atom stereocenters. The molecule has 19 heavy (non-hydrogen) atoms. The van der Waals surface area contributed by atoms with Crippen molar-refractivity contribution in [3.63, 3.8) is 0 Å². The normalized spacial score (nSPS) is 12.8. The van der Waals surface area contributed by atoms with E-state index in [9.17, 15) is 4.79 Å². The molecule has 2 aromatic heterocycles. The number of aliphatic carboxylic acids is 1. The van der Waals surface area contributed by atoms with Crippen LogP contribution >= 0.6 is 0 Å². The van der Waals surface area contributed by atoms with Crippen molar-refractivity contribution in [2.45, 2.75) is 25.9 Å². The first-order valence-corrected chi connectivity index (χ1v) is 5.91. The lowest BCUT2D eigenvalue weighted by atomic mass is 10.2. The monoisotopic (exact) mass is 265 g/mol. The number of nitrogens with zero attached hydrogens (tertiary/aromatic N) is 3. The van der Waals surface area contributed by atoms with E-state index in [2.05, 4.69) is 10.2 Å². The molecule has 2 rings (SSSR count). The Morgan fingerprint density at radius 3 is 2.89 bits per heavy atom. The molecular formula is C12H15N3O4. The number of furan rings is 1. The van der Waals surface area contributed by atoms with E-state index in [1.54, 1.807) is 24.1 Å². The molecule has 0 fully saturated rings. The first-order valence-electron chi connectivity index (χ1n) is 5.91. The quantitative estimate of drug-likeness (QED) is 0.848. The van der Waals surface area contributed by atoms with E-state index in [-0.39, 0.29) is 12.4 Å². The summed E-state index contributed by atoms with van der Waals surface area (Å²) in [5.41, 5.74) is 0. The molecule has 0 bridgehead atoms. The van der Waals surface area contributed by atoms with Gasteiger partial charge in [0.15, 0.2) is 5.76 Å². The number of carbonyl (C=O) groups is 1. The number of hydrogen-bond donors (Lipinski definition) is 1. The number of carboxylic acids is 1. The number of rotatable bonds is 6. The van der Waals surface area contributed by atoms with Crippen LogP contribution in [0.2, 0.25) is 0 Å². The number of carboxylic acid groups (broad SMARTS) is 1. The molecule has 2 heterocycles. The van der Waals surface area contributed by atoms with Gasteiger partial charge in [-0.15, -0.1) is 10.2 Å². The van der Waals surface area contributed by atoms with Crippen LogP contribution in [0.1, 0.15) is 19.2 Å². The van der Waals surface area contributed by atoms with Crippen molar-refractivity contribution in [1.82, 2.24) is 15.1 Å². The van der Waals surface area contributed by atoms with E-state index in [4.69, 9.17) is 13.9 Å². The third kappa shape index (κ3) is 3.00. The van der Waals surface area contributed by atoms with Gasteiger partial charge in [0, 0.05) is 0 Å². The summed E-state index contributed by atoms with van der Waals surface area (Å²) >= 11 is 0. The summed E-state index contributed by atoms with van der Waals surface area (Å²) < 4.78 is 10.6. The van der Waals surface area contributed by atoms with Crippen molar-refractivity contribution in [2.24, 2.45) is 0 Å². The van der Waals surface area contributed by atoms with Crippen LogP contribution in [-0.2, 0) is 11.3 Å². The van der Waals surface area contributed by atoms with E-state index >= 15 is 0 Å². The highest BCUT2D eigenvalue weighted by atomic mass is 16.4. The Balaban J connectivity index is 2.06. The number of aromatic nitrogens is 2. The predicted molar refractivity (Wildman–Crippen MR) is 65.2 cm³/mol. The molecule has 1 atom stereocenters. The van der Waals surface area contributed by atoms with Gasteiger partial charge in [0.2, 0.25) is 5.89 Å². The van der Waals surface area contributed by atoms with Crippen molar-refractivity contribution < 1.29 is 18.7 Å². The van der Waals surface area contributed by atoms with Crippen LogP contribution in [0.15, 0.2) is 27.2 Å². The average molecular weight is 265 g/mol. The van der Waals surface area contributed by atoms with Gasteiger partial charge in [-0.2, -0.15) is 0 Å². The smallest absolute Gasteiger partial charge is 0.320 e. The largest absolute Gasteiger partial charge is 0.480 e. The molecule has 0 saturated heterocycles. The highest BCUT2D eigenvalue weighted by Crippen LogP contribution is 2.18. The van der Waals surface area contributed by atoms with Crippen LogP contribution in [0.3, 0.4) is 0 Å². The zero-order chi connectivity index (χ0) is 13.8. The van der Waals surface area contributed by atoms with Gasteiger partial charge in [-0.25, -0.2) is 0 Å². The average Bonchev–Trinajstić information content (AvgIpc) is 2.98. The van der Waals surface area contributed by atoms with Gasteiger partial charge in [0.1, 0.15) is 6.04 Å². The molecule has 0 aliphatic carbocycles. The third-order valence-electron chi connectivity index (χ3n) is 2.79. The topological polar surface area (TPSA) is 92.6 Å². The molecule has 102 valence electrons. The SMILES string of the molecule is CCC(C(=O)O)N(C)Cc1nnc(-c2ccco2)o1. The molecule has 0 spiro atoms. The van der Waals surface area contributed by atoms with Gasteiger partial charge in [-0.3, -0.25) is 9.69 Å². The lowest BCUT2D eigenvalue weighted by Crippen LogP contribution is -2.37. The van der Waals surface area contributed by atoms with Crippen LogP contribution in [0.5, 0.6) is 0 Å². The fraction of sp³-hybridized carbons (Fsp3) is 0.417. The molecule has 7 nitrogen and oxygen atoms in total. The summed E-state index contributed by atoms with van der Waals surface area (Å²) in [6.45, 7) is 2.09. The maximum atomic E-state index is 11.0. The van der Waals surface area contributed by atoms with Gasteiger partial charge in [0.05, 0.1) is 12.8 Å². The Labute approximate surface area is 109 Å². The Bertz CT molecular complexity index is 535. The Hall–Kier alpha value is -2.15. The van der Waals surface area contributed by atoms with Crippen molar-refractivity contribution in [1.29, 1.82) is 0 Å². The van der Waals surface area contributed by atoms with Crippen molar-refractivity contribution >= 4 is 5.97 Å². The van der Waals surface area contributed by atoms with Crippen LogP contribution < -0.4 is 0 Å². The molecule has 7 heteroatoms. The second-order valence-electron chi connectivity index (χ2n) is 4.16. The summed E-state index contributed by atoms with van der Waals surface area (Å²) in [7, 11) is 1.71. The minimum atomic E-state index is -0.865. The highest BCUT2D eigenvalue weighted by Gasteiger charge is 2.22. The van der Waals surface area contributed by atoms with Gasteiger partial charge in [0.25, 0.3) is 5.89 Å².